The second kappa shape index (κ2) is 5.45. The minimum atomic E-state index is 0.345. The fraction of sp³-hybridized carbons (Fsp3) is 0.538. The molecule has 3 heterocycles. The van der Waals surface area contributed by atoms with Crippen molar-refractivity contribution in [3.8, 4) is 0 Å². The van der Waals surface area contributed by atoms with E-state index in [4.69, 9.17) is 0 Å². The van der Waals surface area contributed by atoms with Crippen LogP contribution in [0.4, 0.5) is 0 Å². The second-order valence-electron chi connectivity index (χ2n) is 4.80. The van der Waals surface area contributed by atoms with Gasteiger partial charge < -0.3 is 0 Å². The lowest BCUT2D eigenvalue weighted by Crippen LogP contribution is -2.15. The number of hydrogen-bond donors (Lipinski definition) is 0. The Balaban J connectivity index is 1.58. The molecule has 18 heavy (non-hydrogen) atoms. The minimum absolute atomic E-state index is 0.345. The lowest BCUT2D eigenvalue weighted by molar-refractivity contribution is -0.119. The third-order valence-electron chi connectivity index (χ3n) is 3.38. The summed E-state index contributed by atoms with van der Waals surface area (Å²) in [5.74, 6) is 3.40. The summed E-state index contributed by atoms with van der Waals surface area (Å²) in [5, 5.41) is 2.01. The highest BCUT2D eigenvalue weighted by molar-refractivity contribution is 7.99. The summed E-state index contributed by atoms with van der Waals surface area (Å²) in [6, 6.07) is 0. The largest absolute Gasteiger partial charge is 0.299 e. The minimum Gasteiger partial charge on any atom is -0.299 e. The van der Waals surface area contributed by atoms with Gasteiger partial charge in [-0.15, -0.1) is 11.3 Å². The van der Waals surface area contributed by atoms with E-state index in [1.54, 1.807) is 11.3 Å². The second-order valence-corrected chi connectivity index (χ2v) is 6.90. The molecule has 1 aliphatic rings. The van der Waals surface area contributed by atoms with Crippen LogP contribution >= 0.6 is 23.1 Å². The Kier molecular flexibility index (Phi) is 3.70. The molecule has 2 aromatic heterocycles. The normalized spacial score (nSPS) is 17.3. The van der Waals surface area contributed by atoms with Gasteiger partial charge in [0.25, 0.3) is 0 Å². The molecule has 0 radical (unpaired) electrons. The molecule has 2 aromatic rings. The Morgan fingerprint density at radius 2 is 2.28 bits per heavy atom. The number of fused-ring (bicyclic) bond motifs is 1. The van der Waals surface area contributed by atoms with Gasteiger partial charge in [-0.2, -0.15) is 11.8 Å². The number of rotatable bonds is 4. The molecule has 0 bridgehead atoms. The lowest BCUT2D eigenvalue weighted by atomic mass is 9.95. The number of hydrogen-bond acceptors (Lipinski definition) is 4. The number of Topliss-reactive ketones (excluding diaryl/α,β-unsaturated/α-hetero) is 1. The average Bonchev–Trinajstić information content (AvgIpc) is 2.90. The van der Waals surface area contributed by atoms with Crippen LogP contribution in [0.15, 0.2) is 17.8 Å². The molecule has 96 valence electrons. The van der Waals surface area contributed by atoms with Crippen molar-refractivity contribution in [3.05, 3.63) is 23.5 Å². The predicted octanol–water partition coefficient (Wildman–Crippen LogP) is 3.04. The monoisotopic (exact) mass is 280 g/mol. The highest BCUT2D eigenvalue weighted by Crippen LogP contribution is 2.25. The van der Waals surface area contributed by atoms with Gasteiger partial charge in [-0.05, 0) is 30.3 Å². The predicted molar refractivity (Wildman–Crippen MR) is 76.4 cm³/mol. The van der Waals surface area contributed by atoms with E-state index in [-0.39, 0.29) is 0 Å². The van der Waals surface area contributed by atoms with Crippen molar-refractivity contribution in [2.45, 2.75) is 25.7 Å². The van der Waals surface area contributed by atoms with Crippen LogP contribution in [-0.4, -0.2) is 26.7 Å². The average molecular weight is 280 g/mol. The van der Waals surface area contributed by atoms with Gasteiger partial charge in [0.05, 0.1) is 12.1 Å². The maximum absolute atomic E-state index is 12.0. The summed E-state index contributed by atoms with van der Waals surface area (Å²) >= 11 is 3.62. The van der Waals surface area contributed by atoms with Gasteiger partial charge in [0.15, 0.2) is 4.96 Å². The van der Waals surface area contributed by atoms with Crippen LogP contribution in [0.3, 0.4) is 0 Å². The fourth-order valence-corrected chi connectivity index (χ4v) is 4.33. The van der Waals surface area contributed by atoms with E-state index >= 15 is 0 Å². The molecular formula is C13H16N2OS2. The lowest BCUT2D eigenvalue weighted by Gasteiger charge is -2.20. The number of thioether (sulfide) groups is 1. The molecule has 0 saturated carbocycles. The maximum Gasteiger partial charge on any atom is 0.193 e. The third kappa shape index (κ3) is 2.78. The van der Waals surface area contributed by atoms with E-state index in [1.807, 2.05) is 33.9 Å². The number of aromatic nitrogens is 2. The van der Waals surface area contributed by atoms with Gasteiger partial charge >= 0.3 is 0 Å². The number of nitrogens with zero attached hydrogens (tertiary/aromatic N) is 2. The number of imidazole rings is 1. The zero-order chi connectivity index (χ0) is 12.4. The number of ketones is 1. The molecule has 0 atom stereocenters. The van der Waals surface area contributed by atoms with Gasteiger partial charge in [-0.3, -0.25) is 9.20 Å². The summed E-state index contributed by atoms with van der Waals surface area (Å²) in [7, 11) is 0. The highest BCUT2D eigenvalue weighted by atomic mass is 32.2. The van der Waals surface area contributed by atoms with Crippen LogP contribution in [-0.2, 0) is 11.2 Å². The Morgan fingerprint density at radius 3 is 3.06 bits per heavy atom. The summed E-state index contributed by atoms with van der Waals surface area (Å²) in [5.41, 5.74) is 0.914. The molecule has 0 aromatic carbocycles. The molecule has 0 amide bonds. The van der Waals surface area contributed by atoms with Crippen molar-refractivity contribution in [2.75, 3.05) is 11.5 Å². The summed E-state index contributed by atoms with van der Waals surface area (Å²) in [6.45, 7) is 0. The number of carbonyl (C=O) groups is 1. The molecule has 0 spiro atoms. The van der Waals surface area contributed by atoms with Gasteiger partial charge in [0.2, 0.25) is 0 Å². The number of thiazole rings is 1. The first-order valence-electron chi connectivity index (χ1n) is 6.32. The van der Waals surface area contributed by atoms with E-state index in [2.05, 4.69) is 4.98 Å². The molecule has 5 heteroatoms. The van der Waals surface area contributed by atoms with Crippen molar-refractivity contribution in [2.24, 2.45) is 5.92 Å². The van der Waals surface area contributed by atoms with E-state index < -0.39 is 0 Å². The first kappa shape index (κ1) is 12.2. The SMILES string of the molecule is O=C(Cc1cn2ccsc2n1)CC1CCSCC1. The van der Waals surface area contributed by atoms with Gasteiger partial charge in [-0.25, -0.2) is 4.98 Å². The van der Waals surface area contributed by atoms with Crippen LogP contribution in [0.5, 0.6) is 0 Å². The van der Waals surface area contributed by atoms with E-state index in [9.17, 15) is 4.79 Å². The Bertz CT molecular complexity index is 511. The Hall–Kier alpha value is -0.810. The first-order valence-corrected chi connectivity index (χ1v) is 8.35. The van der Waals surface area contributed by atoms with Crippen molar-refractivity contribution in [1.29, 1.82) is 0 Å². The van der Waals surface area contributed by atoms with Gasteiger partial charge in [0.1, 0.15) is 5.78 Å². The van der Waals surface area contributed by atoms with Crippen LogP contribution in [0.25, 0.3) is 4.96 Å². The van der Waals surface area contributed by atoms with Crippen LogP contribution < -0.4 is 0 Å². The van der Waals surface area contributed by atoms with Crippen molar-refractivity contribution >= 4 is 33.8 Å². The summed E-state index contributed by atoms with van der Waals surface area (Å²) in [6.07, 6.45) is 7.60. The topological polar surface area (TPSA) is 34.4 Å². The zero-order valence-corrected chi connectivity index (χ0v) is 11.8. The van der Waals surface area contributed by atoms with Gasteiger partial charge in [0, 0.05) is 24.2 Å². The standard InChI is InChI=1S/C13H16N2OS2/c16-12(7-10-1-4-17-5-2-10)8-11-9-15-3-6-18-13(15)14-11/h3,6,9-10H,1-2,4-5,7-8H2. The summed E-state index contributed by atoms with van der Waals surface area (Å²) < 4.78 is 1.99. The zero-order valence-electron chi connectivity index (χ0n) is 10.2. The highest BCUT2D eigenvalue weighted by Gasteiger charge is 2.18. The van der Waals surface area contributed by atoms with Crippen molar-refractivity contribution in [1.82, 2.24) is 9.38 Å². The van der Waals surface area contributed by atoms with E-state index in [0.29, 0.717) is 18.1 Å². The Morgan fingerprint density at radius 1 is 1.44 bits per heavy atom. The molecule has 1 aliphatic heterocycles. The number of carbonyl (C=O) groups excluding carboxylic acids is 1. The third-order valence-corrected chi connectivity index (χ3v) is 5.20. The smallest absolute Gasteiger partial charge is 0.193 e. The molecule has 0 aliphatic carbocycles. The molecule has 1 fully saturated rings. The van der Waals surface area contributed by atoms with Crippen LogP contribution in [0, 0.1) is 5.92 Å². The van der Waals surface area contributed by atoms with Gasteiger partial charge in [-0.1, -0.05) is 0 Å². The maximum atomic E-state index is 12.0. The molecule has 3 rings (SSSR count). The first-order chi connectivity index (χ1) is 8.81. The van der Waals surface area contributed by atoms with E-state index in [1.165, 1.54) is 24.3 Å². The summed E-state index contributed by atoms with van der Waals surface area (Å²) in [4.78, 5) is 17.5. The van der Waals surface area contributed by atoms with Crippen LogP contribution in [0.1, 0.15) is 25.0 Å². The molecule has 0 unspecified atom stereocenters. The van der Waals surface area contributed by atoms with Crippen molar-refractivity contribution < 1.29 is 4.79 Å². The molecular weight excluding hydrogens is 264 g/mol. The van der Waals surface area contributed by atoms with Crippen LogP contribution in [0.2, 0.25) is 0 Å². The Labute approximate surface area is 115 Å². The molecule has 3 nitrogen and oxygen atoms in total. The quantitative estimate of drug-likeness (QED) is 0.863. The van der Waals surface area contributed by atoms with E-state index in [0.717, 1.165) is 17.1 Å². The fourth-order valence-electron chi connectivity index (χ4n) is 2.41. The molecule has 1 saturated heterocycles. The molecule has 0 N–H and O–H groups in total. The van der Waals surface area contributed by atoms with Crippen molar-refractivity contribution in [3.63, 3.8) is 0 Å².